The van der Waals surface area contributed by atoms with E-state index in [0.29, 0.717) is 18.4 Å². The van der Waals surface area contributed by atoms with Crippen LogP contribution in [0.5, 0.6) is 11.5 Å². The van der Waals surface area contributed by atoms with Crippen LogP contribution in [0.3, 0.4) is 0 Å². The van der Waals surface area contributed by atoms with Gasteiger partial charge in [-0.15, -0.1) is 0 Å². The highest BCUT2D eigenvalue weighted by molar-refractivity contribution is 5.78. The molecule has 0 unspecified atom stereocenters. The summed E-state index contributed by atoms with van der Waals surface area (Å²) in [5.74, 6) is 2.33. The molecule has 2 aliphatic rings. The molecule has 4 nitrogen and oxygen atoms in total. The number of benzene rings is 2. The lowest BCUT2D eigenvalue weighted by molar-refractivity contribution is -0.134. The maximum absolute atomic E-state index is 12.5. The van der Waals surface area contributed by atoms with Crippen LogP contribution in [0.15, 0.2) is 54.6 Å². The van der Waals surface area contributed by atoms with Crippen molar-refractivity contribution in [2.24, 2.45) is 5.92 Å². The van der Waals surface area contributed by atoms with Crippen LogP contribution in [-0.4, -0.2) is 30.0 Å². The summed E-state index contributed by atoms with van der Waals surface area (Å²) in [5, 5.41) is 0. The summed E-state index contributed by atoms with van der Waals surface area (Å²) in [6.07, 6.45) is 4.82. The summed E-state index contributed by atoms with van der Waals surface area (Å²) < 4.78 is 11.5. The minimum Gasteiger partial charge on any atom is -0.489 e. The van der Waals surface area contributed by atoms with E-state index < -0.39 is 0 Å². The van der Waals surface area contributed by atoms with Crippen molar-refractivity contribution in [2.75, 3.05) is 13.2 Å². The van der Waals surface area contributed by atoms with Crippen LogP contribution >= 0.6 is 0 Å². The molecule has 0 N–H and O–H groups in total. The van der Waals surface area contributed by atoms with E-state index >= 15 is 0 Å². The molecule has 1 amide bonds. The fourth-order valence-corrected chi connectivity index (χ4v) is 3.02. The summed E-state index contributed by atoms with van der Waals surface area (Å²) in [7, 11) is 0. The van der Waals surface area contributed by atoms with Crippen molar-refractivity contribution in [2.45, 2.75) is 38.3 Å². The van der Waals surface area contributed by atoms with E-state index in [4.69, 9.17) is 9.47 Å². The molecule has 2 aromatic carbocycles. The van der Waals surface area contributed by atoms with Gasteiger partial charge in [0.25, 0.3) is 5.91 Å². The average Bonchev–Trinajstić information content (AvgIpc) is 3.58. The van der Waals surface area contributed by atoms with Gasteiger partial charge in [0.15, 0.2) is 6.61 Å². The van der Waals surface area contributed by atoms with Gasteiger partial charge in [0, 0.05) is 12.6 Å². The fourth-order valence-electron chi connectivity index (χ4n) is 3.02. The van der Waals surface area contributed by atoms with Gasteiger partial charge < -0.3 is 14.4 Å². The van der Waals surface area contributed by atoms with Crippen LogP contribution in [0.25, 0.3) is 0 Å². The first-order chi connectivity index (χ1) is 12.8. The molecule has 26 heavy (non-hydrogen) atoms. The normalized spacial score (nSPS) is 16.2. The number of ether oxygens (including phenoxy) is 2. The SMILES string of the molecule is O=C(COc1ccc(OCc2ccccc2)cc1)N(CC1CC1)C1CC1. The Labute approximate surface area is 154 Å². The number of carbonyl (C=O) groups excluding carboxylic acids is 1. The first-order valence-corrected chi connectivity index (χ1v) is 9.47. The highest BCUT2D eigenvalue weighted by Gasteiger charge is 2.36. The zero-order valence-electron chi connectivity index (χ0n) is 15.0. The molecule has 0 aromatic heterocycles. The number of nitrogens with zero attached hydrogens (tertiary/aromatic N) is 1. The summed E-state index contributed by atoms with van der Waals surface area (Å²) in [6.45, 7) is 1.57. The van der Waals surface area contributed by atoms with E-state index in [-0.39, 0.29) is 12.5 Å². The molecule has 4 rings (SSSR count). The maximum atomic E-state index is 12.5. The van der Waals surface area contributed by atoms with E-state index in [1.165, 1.54) is 12.8 Å². The van der Waals surface area contributed by atoms with Crippen LogP contribution in [0.2, 0.25) is 0 Å². The molecule has 0 heterocycles. The van der Waals surface area contributed by atoms with Gasteiger partial charge in [0.05, 0.1) is 0 Å². The number of rotatable bonds is 9. The Kier molecular flexibility index (Phi) is 5.09. The van der Waals surface area contributed by atoms with E-state index in [9.17, 15) is 4.79 Å². The van der Waals surface area contributed by atoms with Crippen molar-refractivity contribution in [1.82, 2.24) is 4.90 Å². The molecule has 0 radical (unpaired) electrons. The van der Waals surface area contributed by atoms with Gasteiger partial charge in [-0.25, -0.2) is 0 Å². The lowest BCUT2D eigenvalue weighted by Crippen LogP contribution is -2.38. The first-order valence-electron chi connectivity index (χ1n) is 9.47. The Morgan fingerprint density at radius 2 is 1.54 bits per heavy atom. The smallest absolute Gasteiger partial charge is 0.260 e. The minimum absolute atomic E-state index is 0.115. The molecule has 2 aliphatic carbocycles. The molecule has 0 aliphatic heterocycles. The molecular weight excluding hydrogens is 326 g/mol. The van der Waals surface area contributed by atoms with Crippen molar-refractivity contribution in [3.05, 3.63) is 60.2 Å². The fraction of sp³-hybridized carbons (Fsp3) is 0.409. The van der Waals surface area contributed by atoms with Gasteiger partial charge in [0.1, 0.15) is 18.1 Å². The minimum atomic E-state index is 0.115. The second kappa shape index (κ2) is 7.81. The molecule has 0 atom stereocenters. The zero-order chi connectivity index (χ0) is 17.8. The zero-order valence-corrected chi connectivity index (χ0v) is 15.0. The van der Waals surface area contributed by atoms with Crippen LogP contribution < -0.4 is 9.47 Å². The molecule has 0 bridgehead atoms. The van der Waals surface area contributed by atoms with E-state index in [0.717, 1.165) is 36.6 Å². The van der Waals surface area contributed by atoms with Gasteiger partial charge in [-0.2, -0.15) is 0 Å². The predicted octanol–water partition coefficient (Wildman–Crippen LogP) is 4.05. The molecule has 0 spiro atoms. The van der Waals surface area contributed by atoms with Gasteiger partial charge in [-0.3, -0.25) is 4.79 Å². The largest absolute Gasteiger partial charge is 0.489 e. The Morgan fingerprint density at radius 3 is 2.15 bits per heavy atom. The summed E-state index contributed by atoms with van der Waals surface area (Å²) in [4.78, 5) is 14.5. The number of hydrogen-bond acceptors (Lipinski definition) is 3. The third-order valence-corrected chi connectivity index (χ3v) is 4.89. The molecule has 2 aromatic rings. The van der Waals surface area contributed by atoms with Crippen molar-refractivity contribution in [3.63, 3.8) is 0 Å². The Morgan fingerprint density at radius 1 is 0.885 bits per heavy atom. The van der Waals surface area contributed by atoms with Gasteiger partial charge in [-0.05, 0) is 61.4 Å². The highest BCUT2D eigenvalue weighted by Crippen LogP contribution is 2.34. The molecule has 2 saturated carbocycles. The van der Waals surface area contributed by atoms with Gasteiger partial charge >= 0.3 is 0 Å². The first kappa shape index (κ1) is 17.0. The van der Waals surface area contributed by atoms with Crippen LogP contribution in [0, 0.1) is 5.92 Å². The Hall–Kier alpha value is -2.49. The second-order valence-corrected chi connectivity index (χ2v) is 7.26. The van der Waals surface area contributed by atoms with Gasteiger partial charge in [-0.1, -0.05) is 30.3 Å². The van der Waals surface area contributed by atoms with Crippen LogP contribution in [0.4, 0.5) is 0 Å². The standard InChI is InChI=1S/C22H25NO3/c24-22(23(19-8-9-19)14-17-6-7-17)16-26-21-12-10-20(11-13-21)25-15-18-4-2-1-3-5-18/h1-5,10-13,17,19H,6-9,14-16H2. The van der Waals surface area contributed by atoms with Crippen LogP contribution in [0.1, 0.15) is 31.2 Å². The third kappa shape index (κ3) is 4.78. The van der Waals surface area contributed by atoms with E-state index in [2.05, 4.69) is 0 Å². The molecule has 136 valence electrons. The highest BCUT2D eigenvalue weighted by atomic mass is 16.5. The van der Waals surface area contributed by atoms with Crippen LogP contribution in [-0.2, 0) is 11.4 Å². The average molecular weight is 351 g/mol. The molecule has 2 fully saturated rings. The van der Waals surface area contributed by atoms with E-state index in [1.54, 1.807) is 0 Å². The van der Waals surface area contributed by atoms with Crippen molar-refractivity contribution in [1.29, 1.82) is 0 Å². The Balaban J connectivity index is 1.25. The number of hydrogen-bond donors (Lipinski definition) is 0. The topological polar surface area (TPSA) is 38.8 Å². The maximum Gasteiger partial charge on any atom is 0.260 e. The number of carbonyl (C=O) groups is 1. The lowest BCUT2D eigenvalue weighted by atomic mass is 10.2. The van der Waals surface area contributed by atoms with E-state index in [1.807, 2.05) is 59.5 Å². The van der Waals surface area contributed by atoms with Crippen molar-refractivity contribution < 1.29 is 14.3 Å². The molecular formula is C22H25NO3. The monoisotopic (exact) mass is 351 g/mol. The van der Waals surface area contributed by atoms with Crippen molar-refractivity contribution in [3.8, 4) is 11.5 Å². The van der Waals surface area contributed by atoms with Gasteiger partial charge in [0.2, 0.25) is 0 Å². The Bertz CT molecular complexity index is 721. The molecule has 4 heteroatoms. The predicted molar refractivity (Wildman–Crippen MR) is 100 cm³/mol. The summed E-state index contributed by atoms with van der Waals surface area (Å²) >= 11 is 0. The lowest BCUT2D eigenvalue weighted by Gasteiger charge is -2.22. The second-order valence-electron chi connectivity index (χ2n) is 7.26. The number of amides is 1. The third-order valence-electron chi connectivity index (χ3n) is 4.89. The van der Waals surface area contributed by atoms with Crippen molar-refractivity contribution >= 4 is 5.91 Å². The quantitative estimate of drug-likeness (QED) is 0.684. The molecule has 0 saturated heterocycles. The summed E-state index contributed by atoms with van der Waals surface area (Å²) in [5.41, 5.74) is 1.13. The summed E-state index contributed by atoms with van der Waals surface area (Å²) in [6, 6.07) is 18.0.